The van der Waals surface area contributed by atoms with Gasteiger partial charge in [-0.3, -0.25) is 9.59 Å². The Labute approximate surface area is 529 Å². The quantitative estimate of drug-likeness (QED) is 0.0724. The van der Waals surface area contributed by atoms with E-state index in [2.05, 4.69) is 295 Å². The van der Waals surface area contributed by atoms with Crippen LogP contribution < -0.4 is 10.9 Å². The van der Waals surface area contributed by atoms with Crippen LogP contribution in [-0.2, 0) is 0 Å². The molecule has 2 N–H and O–H groups in total. The summed E-state index contributed by atoms with van der Waals surface area (Å²) >= 11 is 0. The Bertz CT molecular complexity index is 4340. The van der Waals surface area contributed by atoms with E-state index in [0.29, 0.717) is 99.7 Å². The number of rotatable bonds is 12. The number of H-pyrrole nitrogens is 2. The Morgan fingerprint density at radius 3 is 0.727 bits per heavy atom. The molecular weight excluding hydrogens is 1140 g/mol. The molecule has 9 rings (SSSR count). The largest absolute Gasteiger partial charge is 0.348 e. The Morgan fingerprint density at radius 1 is 0.307 bits per heavy atom. The third kappa shape index (κ3) is 10.5. The summed E-state index contributed by atoms with van der Waals surface area (Å²) in [5, 5.41) is 8.31. The highest BCUT2D eigenvalue weighted by molar-refractivity contribution is 6.92. The molecule has 1 aliphatic carbocycles. The summed E-state index contributed by atoms with van der Waals surface area (Å²) in [4.78, 5) is 50.7. The predicted octanol–water partition coefficient (Wildman–Crippen LogP) is 20.9. The van der Waals surface area contributed by atoms with Gasteiger partial charge >= 0.3 is 0 Å². The van der Waals surface area contributed by atoms with Crippen molar-refractivity contribution in [1.82, 2.24) is 19.9 Å². The lowest BCUT2D eigenvalue weighted by atomic mass is 9.94. The number of nitrogens with zero attached hydrogens (tertiary/aromatic N) is 2. The molecule has 0 radical (unpaired) electrons. The number of nitrogens with one attached hydrogen (secondary N) is 2. The first-order valence-electron chi connectivity index (χ1n) is 33.1. The van der Waals surface area contributed by atoms with Crippen molar-refractivity contribution >= 4 is 108 Å². The molecule has 0 amide bonds. The van der Waals surface area contributed by atoms with E-state index in [4.69, 9.17) is 9.97 Å². The summed E-state index contributed by atoms with van der Waals surface area (Å²) in [6.07, 6.45) is 0. The van der Waals surface area contributed by atoms with Crippen LogP contribution in [0.25, 0.3) is 76.2 Å². The van der Waals surface area contributed by atoms with Crippen molar-refractivity contribution in [2.24, 2.45) is 0 Å². The Balaban J connectivity index is 1.58. The maximum absolute atomic E-state index is 16.1. The van der Waals surface area contributed by atoms with Gasteiger partial charge in [-0.2, -0.15) is 0 Å². The van der Waals surface area contributed by atoms with Crippen LogP contribution in [0.15, 0.2) is 82.4 Å². The summed E-state index contributed by atoms with van der Waals surface area (Å²) in [6.45, 7) is 56.1. The summed E-state index contributed by atoms with van der Waals surface area (Å²) in [5.74, 6) is 15.6. The van der Waals surface area contributed by atoms with E-state index in [1.54, 1.807) is 0 Å². The normalized spacial score (nSPS) is 13.0. The molecule has 0 unspecified atom stereocenters. The number of hydrogen-bond donors (Lipinski definition) is 2. The smallest absolute Gasteiger partial charge is 0.232 e. The van der Waals surface area contributed by atoms with Crippen molar-refractivity contribution in [3.05, 3.63) is 126 Å². The molecule has 0 bridgehead atoms. The van der Waals surface area contributed by atoms with Gasteiger partial charge in [-0.25, -0.2) is 9.97 Å². The second kappa shape index (κ2) is 24.7. The highest BCUT2D eigenvalue weighted by atomic mass is 28.3. The van der Waals surface area contributed by atoms with E-state index in [0.717, 1.165) is 54.2 Å². The first-order chi connectivity index (χ1) is 41.4. The zero-order valence-corrected chi connectivity index (χ0v) is 61.6. The van der Waals surface area contributed by atoms with Gasteiger partial charge in [0.1, 0.15) is 65.1 Å². The molecule has 0 atom stereocenters. The molecular formula is C78H98N4O2Si4. The molecule has 88 heavy (non-hydrogen) atoms. The fourth-order valence-electron chi connectivity index (χ4n) is 17.3. The van der Waals surface area contributed by atoms with E-state index in [1.165, 1.54) is 0 Å². The zero-order chi connectivity index (χ0) is 64.6. The van der Waals surface area contributed by atoms with Crippen LogP contribution >= 0.6 is 0 Å². The van der Waals surface area contributed by atoms with Crippen molar-refractivity contribution in [2.75, 3.05) is 0 Å². The Kier molecular flexibility index (Phi) is 18.5. The van der Waals surface area contributed by atoms with Crippen LogP contribution in [0.1, 0.15) is 188 Å². The first kappa shape index (κ1) is 65.9. The van der Waals surface area contributed by atoms with Crippen molar-refractivity contribution in [2.45, 2.75) is 233 Å². The molecule has 6 nitrogen and oxygen atoms in total. The van der Waals surface area contributed by atoms with Crippen molar-refractivity contribution in [3.8, 4) is 45.9 Å². The van der Waals surface area contributed by atoms with Gasteiger partial charge < -0.3 is 9.97 Å². The third-order valence-corrected chi connectivity index (χ3v) is 46.8. The average Bonchev–Trinajstić information content (AvgIpc) is 0.802. The minimum absolute atomic E-state index is 0.00156. The zero-order valence-electron chi connectivity index (χ0n) is 57.6. The third-order valence-electron chi connectivity index (χ3n) is 21.7. The molecule has 0 spiro atoms. The molecule has 2 aliphatic rings. The van der Waals surface area contributed by atoms with Gasteiger partial charge in [0.15, 0.2) is 0 Å². The maximum atomic E-state index is 16.1. The number of benzene rings is 6. The number of aromatic nitrogens is 4. The summed E-state index contributed by atoms with van der Waals surface area (Å²) < 4.78 is 0. The van der Waals surface area contributed by atoms with Crippen molar-refractivity contribution < 1.29 is 0 Å². The van der Waals surface area contributed by atoms with E-state index < -0.39 is 43.2 Å². The van der Waals surface area contributed by atoms with Crippen LogP contribution in [0.3, 0.4) is 0 Å². The monoisotopic (exact) mass is 1230 g/mol. The lowest BCUT2D eigenvalue weighted by Gasteiger charge is -2.38. The Hall–Kier alpha value is -6.51. The second-order valence-corrected chi connectivity index (χ2v) is 51.9. The first-order valence-corrected chi connectivity index (χ1v) is 42.0. The molecule has 1 aromatic heterocycles. The van der Waals surface area contributed by atoms with Crippen LogP contribution in [-0.4, -0.2) is 52.2 Å². The van der Waals surface area contributed by atoms with Crippen molar-refractivity contribution in [1.29, 1.82) is 0 Å². The van der Waals surface area contributed by atoms with Gasteiger partial charge in [0.2, 0.25) is 10.9 Å². The van der Waals surface area contributed by atoms with Crippen LogP contribution in [0.4, 0.5) is 0 Å². The van der Waals surface area contributed by atoms with Gasteiger partial charge in [0.05, 0.1) is 33.3 Å². The van der Waals surface area contributed by atoms with E-state index in [9.17, 15) is 0 Å². The van der Waals surface area contributed by atoms with E-state index in [-0.39, 0.29) is 21.7 Å². The van der Waals surface area contributed by atoms with Gasteiger partial charge in [0, 0.05) is 21.5 Å². The molecule has 2 heterocycles. The summed E-state index contributed by atoms with van der Waals surface area (Å²) in [7, 11) is -9.38. The standard InChI is InChI=1S/C78H98N4O2Si4/c1-45(2)85(46(3)4,47(5)6)37-33-61-65-41-57-29-25-26-30-58(57)42-66(65)62(34-38-86(48(7)8,49(9)10)50(11)12)70-69(61)79-73-74(80-70)78(84)76-75(77(73)83)81-71-63(35-39-87(51(13)14,52(15)16)53(17)18)67-43-59-31-27-28-32-60(59)44-68(67)64(72(71)82-76)36-40-88(54(19)20,55(21)22)56(23)24/h25-32,41-56,79-80H,1-24H3. The van der Waals surface area contributed by atoms with Crippen LogP contribution in [0, 0.1) is 56.6 Å². The van der Waals surface area contributed by atoms with Gasteiger partial charge in [0.25, 0.3) is 0 Å². The summed E-state index contributed by atoms with van der Waals surface area (Å²) in [6, 6.07) is 25.9. The lowest BCUT2D eigenvalue weighted by molar-refractivity contribution is 0.838. The summed E-state index contributed by atoms with van der Waals surface area (Å²) in [5.41, 5.74) is 25.2. The Morgan fingerprint density at radius 2 is 0.511 bits per heavy atom. The number of aromatic amines is 2. The molecule has 458 valence electrons. The molecule has 0 saturated carbocycles. The van der Waals surface area contributed by atoms with Crippen molar-refractivity contribution in [3.63, 3.8) is 0 Å². The molecule has 7 aromatic rings. The molecule has 0 saturated heterocycles. The minimum atomic E-state index is -2.35. The highest BCUT2D eigenvalue weighted by Crippen LogP contribution is 2.46. The highest BCUT2D eigenvalue weighted by Gasteiger charge is 2.45. The topological polar surface area (TPSA) is 91.5 Å². The maximum Gasteiger partial charge on any atom is 0.232 e. The molecule has 0 fully saturated rings. The van der Waals surface area contributed by atoms with Gasteiger partial charge in [-0.1, -0.05) is 238 Å². The SMILES string of the molecule is CC(C)[Si](C#Cc1c2cc3ccccc3cc2c(C#C[Si](C(C)C)(C(C)C)C(C)C)c2nc3c(=O)c4[nH]c5c(C#C[Si](C(C)C)(C(C)C)C(C)C)c6cc7ccccc7cc6c(C#C[Si](C(C)C)(C(C)C)C(C)C)c5[nH]c=4c(=O)c3nc12)(C(C)C)C(C)C. The number of hydrogen-bond acceptors (Lipinski definition) is 4. The molecule has 1 aliphatic heterocycles. The van der Waals surface area contributed by atoms with Crippen LogP contribution in [0.5, 0.6) is 0 Å². The average molecular weight is 1240 g/mol. The number of fused-ring (bicyclic) bond motifs is 7. The van der Waals surface area contributed by atoms with Gasteiger partial charge in [-0.15, -0.1) is 22.2 Å². The predicted molar refractivity (Wildman–Crippen MR) is 393 cm³/mol. The fraction of sp³-hybridized carbons (Fsp3) is 0.462. The van der Waals surface area contributed by atoms with Gasteiger partial charge in [-0.05, 0) is 112 Å². The minimum Gasteiger partial charge on any atom is -0.348 e. The lowest BCUT2D eigenvalue weighted by Crippen LogP contribution is -2.43. The molecule has 6 aromatic carbocycles. The fourth-order valence-corrected chi connectivity index (χ4v) is 38.1. The molecule has 10 heteroatoms. The second-order valence-electron chi connectivity index (χ2n) is 29.6. The van der Waals surface area contributed by atoms with E-state index >= 15 is 9.59 Å². The van der Waals surface area contributed by atoms with Crippen LogP contribution in [0.2, 0.25) is 66.5 Å². The van der Waals surface area contributed by atoms with E-state index in [1.807, 2.05) is 0 Å².